The van der Waals surface area contributed by atoms with Gasteiger partial charge >= 0.3 is 0 Å². The van der Waals surface area contributed by atoms with E-state index in [-0.39, 0.29) is 0 Å². The molecule has 3 aliphatic heterocycles. The zero-order chi connectivity index (χ0) is 13.4. The van der Waals surface area contributed by atoms with Crippen molar-refractivity contribution in [2.75, 3.05) is 50.8 Å². The summed E-state index contributed by atoms with van der Waals surface area (Å²) in [6, 6.07) is 7.30. The molecule has 2 fully saturated rings. The van der Waals surface area contributed by atoms with E-state index in [1.165, 1.54) is 16.8 Å². The molecular weight excluding hydrogens is 250 g/mol. The van der Waals surface area contributed by atoms with Crippen molar-refractivity contribution in [2.24, 2.45) is 4.99 Å². The van der Waals surface area contributed by atoms with Crippen molar-refractivity contribution in [2.45, 2.75) is 12.5 Å². The molecule has 3 heterocycles. The number of nitrogens with zero attached hydrogens (tertiary/aromatic N) is 3. The highest BCUT2D eigenvalue weighted by Gasteiger charge is 2.29. The van der Waals surface area contributed by atoms with Gasteiger partial charge in [0, 0.05) is 44.6 Å². The highest BCUT2D eigenvalue weighted by molar-refractivity contribution is 5.86. The first-order valence-electron chi connectivity index (χ1n) is 7.60. The molecule has 0 N–H and O–H groups in total. The molecule has 0 amide bonds. The molecule has 2 saturated heterocycles. The zero-order valence-corrected chi connectivity index (χ0v) is 11.8. The van der Waals surface area contributed by atoms with E-state index in [4.69, 9.17) is 4.74 Å². The van der Waals surface area contributed by atoms with Crippen molar-refractivity contribution in [1.29, 1.82) is 0 Å². The summed E-state index contributed by atoms with van der Waals surface area (Å²) in [6.07, 6.45) is 3.11. The van der Waals surface area contributed by atoms with E-state index >= 15 is 0 Å². The fraction of sp³-hybridized carbons (Fsp3) is 0.562. The summed E-state index contributed by atoms with van der Waals surface area (Å²) in [5.41, 5.74) is 4.23. The molecule has 20 heavy (non-hydrogen) atoms. The molecule has 0 atom stereocenters. The smallest absolute Gasteiger partial charge is 0.0645 e. The van der Waals surface area contributed by atoms with Gasteiger partial charge in [-0.2, -0.15) is 0 Å². The highest BCUT2D eigenvalue weighted by Crippen LogP contribution is 2.27. The van der Waals surface area contributed by atoms with Gasteiger partial charge in [0.15, 0.2) is 0 Å². The van der Waals surface area contributed by atoms with Crippen LogP contribution in [0.5, 0.6) is 0 Å². The monoisotopic (exact) mass is 271 g/mol. The third-order valence-corrected chi connectivity index (χ3v) is 4.70. The fourth-order valence-electron chi connectivity index (χ4n) is 3.38. The summed E-state index contributed by atoms with van der Waals surface area (Å²) in [6.45, 7) is 7.36. The minimum absolute atomic E-state index is 0.675. The maximum absolute atomic E-state index is 5.30. The van der Waals surface area contributed by atoms with Gasteiger partial charge in [-0.1, -0.05) is 12.1 Å². The Bertz CT molecular complexity index is 516. The van der Waals surface area contributed by atoms with Crippen molar-refractivity contribution in [3.8, 4) is 0 Å². The molecule has 4 rings (SSSR count). The molecule has 0 aliphatic carbocycles. The molecule has 1 aromatic carbocycles. The third kappa shape index (κ3) is 2.13. The van der Waals surface area contributed by atoms with E-state index in [0.29, 0.717) is 6.04 Å². The topological polar surface area (TPSA) is 28.1 Å². The van der Waals surface area contributed by atoms with Crippen molar-refractivity contribution >= 4 is 11.9 Å². The molecule has 0 aromatic heterocycles. The molecular formula is C16H21N3O. The molecule has 3 aliphatic rings. The van der Waals surface area contributed by atoms with Gasteiger partial charge in [0.25, 0.3) is 0 Å². The van der Waals surface area contributed by atoms with Gasteiger partial charge in [-0.3, -0.25) is 9.89 Å². The van der Waals surface area contributed by atoms with Gasteiger partial charge in [0.2, 0.25) is 0 Å². The average molecular weight is 271 g/mol. The Labute approximate surface area is 120 Å². The van der Waals surface area contributed by atoms with E-state index in [0.717, 1.165) is 52.4 Å². The van der Waals surface area contributed by atoms with Gasteiger partial charge in [-0.25, -0.2) is 0 Å². The van der Waals surface area contributed by atoms with Crippen LogP contribution in [0.1, 0.15) is 11.1 Å². The first-order chi connectivity index (χ1) is 9.92. The van der Waals surface area contributed by atoms with Crippen LogP contribution in [0, 0.1) is 0 Å². The SMILES string of the molecule is C1=NCCc2c1cccc2N1CCN(C2COC2)CC1. The van der Waals surface area contributed by atoms with Crippen LogP contribution >= 0.6 is 0 Å². The first-order valence-corrected chi connectivity index (χ1v) is 7.60. The van der Waals surface area contributed by atoms with Crippen molar-refractivity contribution < 1.29 is 4.74 Å². The molecule has 1 aromatic rings. The van der Waals surface area contributed by atoms with Crippen LogP contribution in [0.15, 0.2) is 23.2 Å². The lowest BCUT2D eigenvalue weighted by Crippen LogP contribution is -2.56. The number of benzene rings is 1. The lowest BCUT2D eigenvalue weighted by molar-refractivity contribution is -0.0660. The summed E-state index contributed by atoms with van der Waals surface area (Å²) in [5, 5.41) is 0. The second-order valence-corrected chi connectivity index (χ2v) is 5.84. The van der Waals surface area contributed by atoms with E-state index in [1.54, 1.807) is 0 Å². The largest absolute Gasteiger partial charge is 0.378 e. The Kier molecular flexibility index (Phi) is 3.20. The van der Waals surface area contributed by atoms with Gasteiger partial charge in [0.1, 0.15) is 0 Å². The molecule has 0 radical (unpaired) electrons. The Hall–Kier alpha value is -1.39. The van der Waals surface area contributed by atoms with Crippen LogP contribution in [0.2, 0.25) is 0 Å². The minimum atomic E-state index is 0.675. The second kappa shape index (κ2) is 5.19. The van der Waals surface area contributed by atoms with Gasteiger partial charge < -0.3 is 9.64 Å². The van der Waals surface area contributed by atoms with Crippen LogP contribution < -0.4 is 4.90 Å². The predicted molar refractivity (Wildman–Crippen MR) is 81.0 cm³/mol. The minimum Gasteiger partial charge on any atom is -0.378 e. The number of aliphatic imine (C=N–C) groups is 1. The van der Waals surface area contributed by atoms with Gasteiger partial charge in [0.05, 0.1) is 19.3 Å². The van der Waals surface area contributed by atoms with Crippen LogP contribution in [0.3, 0.4) is 0 Å². The summed E-state index contributed by atoms with van der Waals surface area (Å²) in [4.78, 5) is 9.52. The molecule has 4 heteroatoms. The van der Waals surface area contributed by atoms with Crippen molar-refractivity contribution in [1.82, 2.24) is 4.90 Å². The second-order valence-electron chi connectivity index (χ2n) is 5.84. The van der Waals surface area contributed by atoms with E-state index in [9.17, 15) is 0 Å². The number of piperazine rings is 1. The number of ether oxygens (including phenoxy) is 1. The fourth-order valence-corrected chi connectivity index (χ4v) is 3.38. The summed E-state index contributed by atoms with van der Waals surface area (Å²) in [5.74, 6) is 0. The Morgan fingerprint density at radius 2 is 1.95 bits per heavy atom. The van der Waals surface area contributed by atoms with E-state index in [2.05, 4.69) is 33.0 Å². The maximum Gasteiger partial charge on any atom is 0.0645 e. The van der Waals surface area contributed by atoms with Crippen LogP contribution in [0.25, 0.3) is 0 Å². The lowest BCUT2D eigenvalue weighted by Gasteiger charge is -2.43. The quantitative estimate of drug-likeness (QED) is 0.808. The maximum atomic E-state index is 5.30. The highest BCUT2D eigenvalue weighted by atomic mass is 16.5. The first kappa shape index (κ1) is 12.4. The normalized spacial score (nSPS) is 23.5. The molecule has 0 bridgehead atoms. The lowest BCUT2D eigenvalue weighted by atomic mass is 9.99. The van der Waals surface area contributed by atoms with Gasteiger partial charge in [-0.05, 0) is 23.6 Å². The Balaban J connectivity index is 1.50. The van der Waals surface area contributed by atoms with Gasteiger partial charge in [-0.15, -0.1) is 0 Å². The van der Waals surface area contributed by atoms with Crippen molar-refractivity contribution in [3.05, 3.63) is 29.3 Å². The summed E-state index contributed by atoms with van der Waals surface area (Å²) in [7, 11) is 0. The Morgan fingerprint density at radius 3 is 2.70 bits per heavy atom. The van der Waals surface area contributed by atoms with Crippen LogP contribution in [0.4, 0.5) is 5.69 Å². The van der Waals surface area contributed by atoms with Crippen molar-refractivity contribution in [3.63, 3.8) is 0 Å². The number of hydrogen-bond acceptors (Lipinski definition) is 4. The summed E-state index contributed by atoms with van der Waals surface area (Å²) < 4.78 is 5.30. The standard InChI is InChI=1S/C16H21N3O/c1-2-13-10-17-5-4-15(13)16(3-1)19-8-6-18(7-9-19)14-11-20-12-14/h1-3,10,14H,4-9,11-12H2. The number of rotatable bonds is 2. The predicted octanol–water partition coefficient (Wildman–Crippen LogP) is 1.18. The summed E-state index contributed by atoms with van der Waals surface area (Å²) >= 11 is 0. The number of hydrogen-bond donors (Lipinski definition) is 0. The number of anilines is 1. The number of fused-ring (bicyclic) bond motifs is 1. The average Bonchev–Trinajstić information content (AvgIpc) is 2.46. The zero-order valence-electron chi connectivity index (χ0n) is 11.8. The Morgan fingerprint density at radius 1 is 1.10 bits per heavy atom. The molecule has 0 spiro atoms. The molecule has 4 nitrogen and oxygen atoms in total. The van der Waals surface area contributed by atoms with Crippen LogP contribution in [-0.2, 0) is 11.2 Å². The third-order valence-electron chi connectivity index (χ3n) is 4.70. The molecule has 0 saturated carbocycles. The van der Waals surface area contributed by atoms with E-state index < -0.39 is 0 Å². The molecule has 0 unspecified atom stereocenters. The van der Waals surface area contributed by atoms with Crippen LogP contribution in [-0.4, -0.2) is 63.1 Å². The van der Waals surface area contributed by atoms with E-state index in [1.807, 2.05) is 6.21 Å². The molecule has 106 valence electrons.